The van der Waals surface area contributed by atoms with Crippen molar-refractivity contribution in [3.63, 3.8) is 0 Å². The normalized spacial score (nSPS) is 18.6. The van der Waals surface area contributed by atoms with Gasteiger partial charge in [0, 0.05) is 29.9 Å². The number of hydrogen-bond acceptors (Lipinski definition) is 7. The Bertz CT molecular complexity index is 758. The average Bonchev–Trinajstić information content (AvgIpc) is 3.13. The lowest BCUT2D eigenvalue weighted by Gasteiger charge is -2.28. The predicted molar refractivity (Wildman–Crippen MR) is 100 cm³/mol. The minimum Gasteiger partial charge on any atom is -0.483 e. The highest BCUT2D eigenvalue weighted by atomic mass is 16.3. The molecule has 0 radical (unpaired) electrons. The Morgan fingerprint density at radius 1 is 1.36 bits per heavy atom. The van der Waals surface area contributed by atoms with Crippen molar-refractivity contribution in [3.05, 3.63) is 24.0 Å². The topological polar surface area (TPSA) is 143 Å². The maximum Gasteiger partial charge on any atom is 0.290 e. The quantitative estimate of drug-likeness (QED) is 0.615. The Hall–Kier alpha value is -2.88. The molecule has 0 bridgehead atoms. The highest BCUT2D eigenvalue weighted by molar-refractivity contribution is 5.76. The maximum atomic E-state index is 11.5. The van der Waals surface area contributed by atoms with Crippen LogP contribution in [0, 0.1) is 12.8 Å². The summed E-state index contributed by atoms with van der Waals surface area (Å²) in [5, 5.41) is 31.4. The minimum atomic E-state index is -0.250. The van der Waals surface area contributed by atoms with E-state index < -0.39 is 0 Å². The number of aromatic nitrogens is 5. The number of tetrazole rings is 1. The van der Waals surface area contributed by atoms with E-state index >= 15 is 0 Å². The van der Waals surface area contributed by atoms with E-state index in [9.17, 15) is 4.79 Å². The second kappa shape index (κ2) is 11.1. The van der Waals surface area contributed by atoms with Crippen molar-refractivity contribution in [1.82, 2.24) is 30.5 Å². The van der Waals surface area contributed by atoms with Gasteiger partial charge >= 0.3 is 0 Å². The molecule has 1 aliphatic rings. The third-order valence-corrected chi connectivity index (χ3v) is 4.58. The molecule has 0 spiro atoms. The zero-order chi connectivity index (χ0) is 20.4. The summed E-state index contributed by atoms with van der Waals surface area (Å²) in [6.07, 6.45) is 5.88. The lowest BCUT2D eigenvalue weighted by molar-refractivity contribution is -0.123. The number of nitrogens with zero attached hydrogens (tertiary/aromatic N) is 5. The Morgan fingerprint density at radius 3 is 2.71 bits per heavy atom. The van der Waals surface area contributed by atoms with E-state index in [0.29, 0.717) is 11.7 Å². The number of aliphatic hydroxyl groups is 1. The molecule has 2 aromatic heterocycles. The van der Waals surface area contributed by atoms with Gasteiger partial charge in [-0.2, -0.15) is 4.80 Å². The Balaban J connectivity index is 0.000000878. The summed E-state index contributed by atoms with van der Waals surface area (Å²) in [6, 6.07) is 4.05. The van der Waals surface area contributed by atoms with Crippen LogP contribution in [0.15, 0.2) is 18.3 Å². The van der Waals surface area contributed by atoms with Crippen molar-refractivity contribution >= 4 is 12.4 Å². The molecular formula is C18H26N6O4. The molecule has 0 saturated heterocycles. The van der Waals surface area contributed by atoms with Gasteiger partial charge in [0.25, 0.3) is 6.47 Å². The van der Waals surface area contributed by atoms with Crippen LogP contribution in [0.1, 0.15) is 37.8 Å². The lowest BCUT2D eigenvalue weighted by Crippen LogP contribution is -2.38. The van der Waals surface area contributed by atoms with Crippen molar-refractivity contribution in [1.29, 1.82) is 0 Å². The van der Waals surface area contributed by atoms with Gasteiger partial charge in [0.15, 0.2) is 0 Å². The summed E-state index contributed by atoms with van der Waals surface area (Å²) in [5.74, 6) is 1.05. The van der Waals surface area contributed by atoms with Crippen LogP contribution in [-0.2, 0) is 16.1 Å². The molecule has 3 rings (SSSR count). The van der Waals surface area contributed by atoms with E-state index in [4.69, 9.17) is 15.0 Å². The van der Waals surface area contributed by atoms with E-state index in [1.807, 2.05) is 19.1 Å². The molecule has 1 fully saturated rings. The lowest BCUT2D eigenvalue weighted by atomic mass is 9.86. The summed E-state index contributed by atoms with van der Waals surface area (Å²) < 4.78 is 0. The van der Waals surface area contributed by atoms with Gasteiger partial charge in [0.1, 0.15) is 0 Å². The van der Waals surface area contributed by atoms with Crippen molar-refractivity contribution in [2.24, 2.45) is 5.92 Å². The fourth-order valence-corrected chi connectivity index (χ4v) is 3.24. The average molecular weight is 390 g/mol. The molecule has 2 heterocycles. The predicted octanol–water partition coefficient (Wildman–Crippen LogP) is 0.802. The van der Waals surface area contributed by atoms with E-state index in [-0.39, 0.29) is 31.4 Å². The van der Waals surface area contributed by atoms with Gasteiger partial charge < -0.3 is 15.5 Å². The zero-order valence-electron chi connectivity index (χ0n) is 15.9. The van der Waals surface area contributed by atoms with Crippen molar-refractivity contribution < 1.29 is 19.8 Å². The van der Waals surface area contributed by atoms with Crippen molar-refractivity contribution in [3.8, 4) is 11.4 Å². The maximum absolute atomic E-state index is 11.5. The van der Waals surface area contributed by atoms with E-state index in [0.717, 1.165) is 43.5 Å². The number of hydrogen-bond donors (Lipinski definition) is 3. The van der Waals surface area contributed by atoms with Gasteiger partial charge in [-0.15, -0.1) is 10.2 Å². The molecule has 3 N–H and O–H groups in total. The summed E-state index contributed by atoms with van der Waals surface area (Å²) in [5.41, 5.74) is 1.85. The Kier molecular flexibility index (Phi) is 8.47. The van der Waals surface area contributed by atoms with Gasteiger partial charge in [-0.3, -0.25) is 14.6 Å². The van der Waals surface area contributed by atoms with Gasteiger partial charge in [-0.05, 0) is 55.9 Å². The van der Waals surface area contributed by atoms with E-state index in [1.165, 1.54) is 0 Å². The number of aliphatic hydroxyl groups excluding tert-OH is 1. The van der Waals surface area contributed by atoms with Crippen LogP contribution in [0.25, 0.3) is 11.4 Å². The number of nitrogens with one attached hydrogen (secondary N) is 1. The molecule has 1 amide bonds. The van der Waals surface area contributed by atoms with E-state index in [1.54, 1.807) is 11.0 Å². The SMILES string of the molecule is Cc1cc(-c2nnn(C[C@H]3CC[C@H](NC(=O)CCO)CC3)n2)ccn1.O=CO. The second-order valence-electron chi connectivity index (χ2n) is 6.72. The number of aryl methyl sites for hydroxylation is 1. The minimum absolute atomic E-state index is 0.0684. The van der Waals surface area contributed by atoms with Crippen molar-refractivity contribution in [2.75, 3.05) is 6.61 Å². The summed E-state index contributed by atoms with van der Waals surface area (Å²) in [6.45, 7) is 2.33. The molecular weight excluding hydrogens is 364 g/mol. The van der Waals surface area contributed by atoms with Crippen molar-refractivity contribution in [2.45, 2.75) is 51.6 Å². The van der Waals surface area contributed by atoms with Crippen LogP contribution in [0.5, 0.6) is 0 Å². The monoisotopic (exact) mass is 390 g/mol. The number of pyridine rings is 1. The molecule has 10 nitrogen and oxygen atoms in total. The van der Waals surface area contributed by atoms with Crippen LogP contribution >= 0.6 is 0 Å². The first-order valence-electron chi connectivity index (χ1n) is 9.24. The number of carbonyl (C=O) groups excluding carboxylic acids is 1. The van der Waals surface area contributed by atoms with Gasteiger partial charge in [-0.25, -0.2) is 0 Å². The van der Waals surface area contributed by atoms with Crippen LogP contribution in [0.4, 0.5) is 0 Å². The molecule has 0 aliphatic heterocycles. The van der Waals surface area contributed by atoms with Crippen LogP contribution in [0.2, 0.25) is 0 Å². The van der Waals surface area contributed by atoms with E-state index in [2.05, 4.69) is 25.7 Å². The van der Waals surface area contributed by atoms with Gasteiger partial charge in [0.2, 0.25) is 11.7 Å². The number of amides is 1. The summed E-state index contributed by atoms with van der Waals surface area (Å²) in [4.78, 5) is 25.7. The van der Waals surface area contributed by atoms with Gasteiger partial charge in [-0.1, -0.05) is 0 Å². The molecule has 1 saturated carbocycles. The van der Waals surface area contributed by atoms with Crippen LogP contribution in [-0.4, -0.2) is 60.4 Å². The molecule has 28 heavy (non-hydrogen) atoms. The first-order valence-corrected chi connectivity index (χ1v) is 9.24. The fourth-order valence-electron chi connectivity index (χ4n) is 3.24. The third kappa shape index (κ3) is 6.69. The first kappa shape index (κ1) is 21.4. The summed E-state index contributed by atoms with van der Waals surface area (Å²) in [7, 11) is 0. The Morgan fingerprint density at radius 2 is 2.07 bits per heavy atom. The Labute approximate surface area is 163 Å². The van der Waals surface area contributed by atoms with Crippen LogP contribution < -0.4 is 5.32 Å². The fraction of sp³-hybridized carbons (Fsp3) is 0.556. The van der Waals surface area contributed by atoms with Gasteiger partial charge in [0.05, 0.1) is 13.2 Å². The highest BCUT2D eigenvalue weighted by Crippen LogP contribution is 2.25. The highest BCUT2D eigenvalue weighted by Gasteiger charge is 2.23. The second-order valence-corrected chi connectivity index (χ2v) is 6.72. The standard InChI is InChI=1S/C17H24N6O2.CH2O2/c1-12-10-14(6-8-18-12)17-20-22-23(21-17)11-13-2-4-15(5-3-13)19-16(25)7-9-24;2-1-3/h6,8,10,13,15,24H,2-5,7,9,11H2,1H3,(H,19,25);1H,(H,2,3)/t13-,15-;. The van der Waals surface area contributed by atoms with Crippen LogP contribution in [0.3, 0.4) is 0 Å². The molecule has 1 aliphatic carbocycles. The summed E-state index contributed by atoms with van der Waals surface area (Å²) >= 11 is 0. The molecule has 152 valence electrons. The zero-order valence-corrected chi connectivity index (χ0v) is 15.9. The largest absolute Gasteiger partial charge is 0.483 e. The number of rotatable bonds is 6. The molecule has 10 heteroatoms. The molecule has 0 unspecified atom stereocenters. The smallest absolute Gasteiger partial charge is 0.290 e. The number of carboxylic acid groups (broad SMARTS) is 1. The molecule has 0 aromatic carbocycles. The first-order chi connectivity index (χ1) is 13.5. The number of carbonyl (C=O) groups is 2. The molecule has 0 atom stereocenters. The third-order valence-electron chi connectivity index (χ3n) is 4.58. The molecule has 2 aromatic rings.